The lowest BCUT2D eigenvalue weighted by atomic mass is 10.1. The van der Waals surface area contributed by atoms with E-state index < -0.39 is 0 Å². The second kappa shape index (κ2) is 9.59. The maximum Gasteiger partial charge on any atom is 0.123 e. The van der Waals surface area contributed by atoms with Crippen molar-refractivity contribution in [1.29, 1.82) is 0 Å². The molecule has 0 aliphatic rings. The van der Waals surface area contributed by atoms with E-state index in [1.54, 1.807) is 0 Å². The summed E-state index contributed by atoms with van der Waals surface area (Å²) in [4.78, 5) is 2.38. The lowest BCUT2D eigenvalue weighted by molar-refractivity contribution is 0.318. The van der Waals surface area contributed by atoms with Crippen LogP contribution in [0.25, 0.3) is 16.6 Å². The summed E-state index contributed by atoms with van der Waals surface area (Å²) in [5, 5.41) is 1.28. The number of rotatable bonds is 8. The maximum absolute atomic E-state index is 13.3. The molecule has 1 aromatic heterocycles. The van der Waals surface area contributed by atoms with Crippen molar-refractivity contribution in [3.63, 3.8) is 0 Å². The molecule has 0 unspecified atom stereocenters. The normalized spacial score (nSPS) is 11.5. The van der Waals surface area contributed by atoms with Crippen LogP contribution in [0.5, 0.6) is 0 Å². The third kappa shape index (κ3) is 4.82. The zero-order chi connectivity index (χ0) is 20.9. The Labute approximate surface area is 186 Å². The molecule has 30 heavy (non-hydrogen) atoms. The van der Waals surface area contributed by atoms with Crippen molar-refractivity contribution in [2.24, 2.45) is 0 Å². The summed E-state index contributed by atoms with van der Waals surface area (Å²) in [7, 11) is 2.18. The number of benzene rings is 3. The highest BCUT2D eigenvalue weighted by atomic mass is 79.9. The quantitative estimate of drug-likeness (QED) is 0.255. The highest BCUT2D eigenvalue weighted by Gasteiger charge is 2.10. The van der Waals surface area contributed by atoms with Crippen LogP contribution in [0.3, 0.4) is 0 Å². The van der Waals surface area contributed by atoms with Crippen molar-refractivity contribution >= 4 is 26.8 Å². The van der Waals surface area contributed by atoms with Gasteiger partial charge in [-0.25, -0.2) is 4.39 Å². The van der Waals surface area contributed by atoms with E-state index in [0.717, 1.165) is 38.0 Å². The van der Waals surface area contributed by atoms with Gasteiger partial charge in [-0.05, 0) is 80.4 Å². The predicted octanol–water partition coefficient (Wildman–Crippen LogP) is 6.99. The van der Waals surface area contributed by atoms with E-state index in [2.05, 4.69) is 87.2 Å². The van der Waals surface area contributed by atoms with Gasteiger partial charge in [-0.1, -0.05) is 52.3 Å². The number of unbranched alkanes of at least 4 members (excludes halogenated alkanes) is 1. The van der Waals surface area contributed by atoms with Crippen molar-refractivity contribution in [3.05, 3.63) is 100 Å². The monoisotopic (exact) mass is 464 g/mol. The first-order chi connectivity index (χ1) is 14.6. The Kier molecular flexibility index (Phi) is 6.66. The minimum Gasteiger partial charge on any atom is -0.316 e. The molecule has 3 aromatic carbocycles. The van der Waals surface area contributed by atoms with Crippen LogP contribution in [0.1, 0.15) is 24.0 Å². The number of hydrogen-bond acceptors (Lipinski definition) is 1. The molecular weight excluding hydrogens is 439 g/mol. The summed E-state index contributed by atoms with van der Waals surface area (Å²) in [6.07, 6.45) is 5.54. The SMILES string of the molecule is CN(CCCCc1cn(-c2ccc(F)cc2)c2ccccc12)Cc1ccccc1Br. The predicted molar refractivity (Wildman–Crippen MR) is 127 cm³/mol. The molecule has 0 spiro atoms. The molecule has 0 saturated heterocycles. The molecular formula is C26H26BrFN2. The second-order valence-corrected chi connectivity index (χ2v) is 8.66. The van der Waals surface area contributed by atoms with Gasteiger partial charge in [0.15, 0.2) is 0 Å². The van der Waals surface area contributed by atoms with Crippen LogP contribution in [0.4, 0.5) is 4.39 Å². The third-order valence-electron chi connectivity index (χ3n) is 5.53. The first-order valence-corrected chi connectivity index (χ1v) is 11.2. The number of hydrogen-bond donors (Lipinski definition) is 0. The molecule has 1 heterocycles. The lowest BCUT2D eigenvalue weighted by Gasteiger charge is -2.17. The number of nitrogens with zero attached hydrogens (tertiary/aromatic N) is 2. The van der Waals surface area contributed by atoms with Gasteiger partial charge < -0.3 is 9.47 Å². The smallest absolute Gasteiger partial charge is 0.123 e. The number of para-hydroxylation sites is 1. The number of aromatic nitrogens is 1. The second-order valence-electron chi connectivity index (χ2n) is 7.80. The molecule has 4 rings (SSSR count). The van der Waals surface area contributed by atoms with Crippen molar-refractivity contribution in [2.75, 3.05) is 13.6 Å². The van der Waals surface area contributed by atoms with Crippen LogP contribution in [-0.2, 0) is 13.0 Å². The fourth-order valence-corrected chi connectivity index (χ4v) is 4.37. The molecule has 0 amide bonds. The van der Waals surface area contributed by atoms with E-state index in [1.807, 2.05) is 12.1 Å². The molecule has 0 saturated carbocycles. The number of halogens is 2. The molecule has 0 aliphatic carbocycles. The molecule has 0 atom stereocenters. The molecule has 0 radical (unpaired) electrons. The van der Waals surface area contributed by atoms with Gasteiger partial charge in [0, 0.05) is 28.3 Å². The van der Waals surface area contributed by atoms with Crippen LogP contribution in [0.2, 0.25) is 0 Å². The first-order valence-electron chi connectivity index (χ1n) is 10.4. The summed E-state index contributed by atoms with van der Waals surface area (Å²) in [6, 6.07) is 23.6. The van der Waals surface area contributed by atoms with Gasteiger partial charge in [0.1, 0.15) is 5.82 Å². The molecule has 4 aromatic rings. The van der Waals surface area contributed by atoms with Crippen molar-refractivity contribution in [2.45, 2.75) is 25.8 Å². The van der Waals surface area contributed by atoms with Gasteiger partial charge in [0.25, 0.3) is 0 Å². The van der Waals surface area contributed by atoms with E-state index >= 15 is 0 Å². The first kappa shape index (κ1) is 20.8. The summed E-state index contributed by atoms with van der Waals surface area (Å²) in [6.45, 7) is 2.02. The Morgan fingerprint density at radius 1 is 0.867 bits per heavy atom. The summed E-state index contributed by atoms with van der Waals surface area (Å²) < 4.78 is 16.7. The molecule has 154 valence electrons. The highest BCUT2D eigenvalue weighted by molar-refractivity contribution is 9.10. The van der Waals surface area contributed by atoms with Crippen molar-refractivity contribution in [1.82, 2.24) is 9.47 Å². The van der Waals surface area contributed by atoms with Gasteiger partial charge in [-0.2, -0.15) is 0 Å². The summed E-state index contributed by atoms with van der Waals surface area (Å²) in [5.74, 6) is -0.206. The Morgan fingerprint density at radius 2 is 1.60 bits per heavy atom. The van der Waals surface area contributed by atoms with Gasteiger partial charge in [-0.15, -0.1) is 0 Å². The van der Waals surface area contributed by atoms with Gasteiger partial charge in [-0.3, -0.25) is 0 Å². The highest BCUT2D eigenvalue weighted by Crippen LogP contribution is 2.26. The molecule has 0 fully saturated rings. The van der Waals surface area contributed by atoms with Gasteiger partial charge in [0.2, 0.25) is 0 Å². The van der Waals surface area contributed by atoms with Gasteiger partial charge in [0.05, 0.1) is 5.52 Å². The minimum atomic E-state index is -0.206. The Bertz CT molecular complexity index is 1120. The molecule has 0 aliphatic heterocycles. The standard InChI is InChI=1S/C26H26BrFN2/c1-29(18-21-9-2-4-11-25(21)27)17-7-6-8-20-19-30(23-15-13-22(28)14-16-23)26-12-5-3-10-24(20)26/h2-5,9-16,19H,6-8,17-18H2,1H3. The van der Waals surface area contributed by atoms with Crippen molar-refractivity contribution in [3.8, 4) is 5.69 Å². The molecule has 0 bridgehead atoms. The van der Waals surface area contributed by atoms with E-state index in [4.69, 9.17) is 0 Å². The van der Waals surface area contributed by atoms with E-state index in [-0.39, 0.29) is 5.82 Å². The minimum absolute atomic E-state index is 0.206. The van der Waals surface area contributed by atoms with Crippen LogP contribution >= 0.6 is 15.9 Å². The average Bonchev–Trinajstić information content (AvgIpc) is 3.12. The van der Waals surface area contributed by atoms with Crippen LogP contribution in [0, 0.1) is 5.82 Å². The zero-order valence-electron chi connectivity index (χ0n) is 17.2. The molecule has 4 heteroatoms. The molecule has 0 N–H and O–H groups in total. The molecule has 2 nitrogen and oxygen atoms in total. The third-order valence-corrected chi connectivity index (χ3v) is 6.31. The number of aryl methyl sites for hydroxylation is 1. The largest absolute Gasteiger partial charge is 0.316 e. The fraction of sp³-hybridized carbons (Fsp3) is 0.231. The van der Waals surface area contributed by atoms with Crippen LogP contribution < -0.4 is 0 Å². The van der Waals surface area contributed by atoms with E-state index in [1.165, 1.54) is 38.6 Å². The zero-order valence-corrected chi connectivity index (χ0v) is 18.8. The number of fused-ring (bicyclic) bond motifs is 1. The lowest BCUT2D eigenvalue weighted by Crippen LogP contribution is -2.19. The average molecular weight is 465 g/mol. The Balaban J connectivity index is 1.40. The fourth-order valence-electron chi connectivity index (χ4n) is 3.96. The Morgan fingerprint density at radius 3 is 2.40 bits per heavy atom. The van der Waals surface area contributed by atoms with Crippen LogP contribution in [0.15, 0.2) is 83.5 Å². The summed E-state index contributed by atoms with van der Waals surface area (Å²) in [5.41, 5.74) is 4.84. The Hall–Kier alpha value is -2.43. The van der Waals surface area contributed by atoms with Crippen LogP contribution in [-0.4, -0.2) is 23.1 Å². The van der Waals surface area contributed by atoms with E-state index in [0.29, 0.717) is 0 Å². The van der Waals surface area contributed by atoms with Crippen molar-refractivity contribution < 1.29 is 4.39 Å². The van der Waals surface area contributed by atoms with Gasteiger partial charge >= 0.3 is 0 Å². The van der Waals surface area contributed by atoms with E-state index in [9.17, 15) is 4.39 Å². The maximum atomic E-state index is 13.3. The summed E-state index contributed by atoms with van der Waals surface area (Å²) >= 11 is 3.64. The topological polar surface area (TPSA) is 8.17 Å².